The van der Waals surface area contributed by atoms with Gasteiger partial charge in [0.25, 0.3) is 0 Å². The molecule has 1 aliphatic carbocycles. The smallest absolute Gasteiger partial charge is 0.343 e. The molecule has 82 valence electrons. The van der Waals surface area contributed by atoms with E-state index in [1.165, 1.54) is 0 Å². The van der Waals surface area contributed by atoms with Crippen molar-refractivity contribution in [2.45, 2.75) is 32.6 Å². The summed E-state index contributed by atoms with van der Waals surface area (Å²) >= 11 is 0. The van der Waals surface area contributed by atoms with Crippen LogP contribution in [0.2, 0.25) is 0 Å². The van der Waals surface area contributed by atoms with Crippen molar-refractivity contribution >= 4 is 17.7 Å². The van der Waals surface area contributed by atoms with E-state index in [-0.39, 0.29) is 0 Å². The van der Waals surface area contributed by atoms with Crippen molar-refractivity contribution < 1.29 is 19.5 Å². The lowest BCUT2D eigenvalue weighted by atomic mass is 9.76. The van der Waals surface area contributed by atoms with E-state index in [4.69, 9.17) is 0 Å². The molecule has 0 aromatic rings. The standard InChI is InChI=1S/C10H13NO4/c1-6-7(11-15-8(6)12)10(9(13)14)4-2-3-5-10/h6H,2-5H2,1H3,(H,13,14). The fraction of sp³-hybridized carbons (Fsp3) is 0.700. The zero-order valence-corrected chi connectivity index (χ0v) is 8.52. The van der Waals surface area contributed by atoms with Crippen molar-refractivity contribution in [2.24, 2.45) is 16.5 Å². The monoisotopic (exact) mass is 211 g/mol. The molecule has 1 atom stereocenters. The first-order valence-corrected chi connectivity index (χ1v) is 5.10. The van der Waals surface area contributed by atoms with Crippen LogP contribution >= 0.6 is 0 Å². The summed E-state index contributed by atoms with van der Waals surface area (Å²) in [6.07, 6.45) is 2.85. The molecule has 2 aliphatic rings. The van der Waals surface area contributed by atoms with Crippen molar-refractivity contribution in [3.63, 3.8) is 0 Å². The van der Waals surface area contributed by atoms with E-state index >= 15 is 0 Å². The van der Waals surface area contributed by atoms with Gasteiger partial charge in [-0.15, -0.1) is 0 Å². The van der Waals surface area contributed by atoms with E-state index in [0.29, 0.717) is 18.6 Å². The van der Waals surface area contributed by atoms with Gasteiger partial charge in [0.2, 0.25) is 0 Å². The van der Waals surface area contributed by atoms with Crippen molar-refractivity contribution in [2.75, 3.05) is 0 Å². The van der Waals surface area contributed by atoms with Crippen LogP contribution in [0.1, 0.15) is 32.6 Å². The van der Waals surface area contributed by atoms with Gasteiger partial charge in [-0.25, -0.2) is 4.79 Å². The molecule has 0 radical (unpaired) electrons. The number of hydrogen-bond acceptors (Lipinski definition) is 4. The van der Waals surface area contributed by atoms with Gasteiger partial charge < -0.3 is 9.94 Å². The third-order valence-corrected chi connectivity index (χ3v) is 3.35. The minimum Gasteiger partial charge on any atom is -0.481 e. The summed E-state index contributed by atoms with van der Waals surface area (Å²) in [6, 6.07) is 0. The lowest BCUT2D eigenvalue weighted by Crippen LogP contribution is -2.39. The Kier molecular flexibility index (Phi) is 2.25. The van der Waals surface area contributed by atoms with Crippen LogP contribution in [0.25, 0.3) is 0 Å². The van der Waals surface area contributed by atoms with Crippen LogP contribution in [0, 0.1) is 11.3 Å². The van der Waals surface area contributed by atoms with E-state index in [1.54, 1.807) is 6.92 Å². The van der Waals surface area contributed by atoms with E-state index in [2.05, 4.69) is 9.99 Å². The second-order valence-corrected chi connectivity index (χ2v) is 4.20. The average molecular weight is 211 g/mol. The summed E-state index contributed by atoms with van der Waals surface area (Å²) < 4.78 is 0. The second-order valence-electron chi connectivity index (χ2n) is 4.20. The SMILES string of the molecule is CC1C(=O)ON=C1C1(C(=O)O)CCCC1. The Bertz CT molecular complexity index is 341. The van der Waals surface area contributed by atoms with Crippen molar-refractivity contribution in [1.82, 2.24) is 0 Å². The maximum absolute atomic E-state index is 11.3. The van der Waals surface area contributed by atoms with E-state index in [1.807, 2.05) is 0 Å². The number of nitrogens with zero attached hydrogens (tertiary/aromatic N) is 1. The molecule has 15 heavy (non-hydrogen) atoms. The van der Waals surface area contributed by atoms with Gasteiger partial charge in [-0.3, -0.25) is 4.79 Å². The molecule has 5 heteroatoms. The predicted molar refractivity (Wildman–Crippen MR) is 51.2 cm³/mol. The molecule has 1 N–H and O–H groups in total. The Balaban J connectivity index is 2.34. The van der Waals surface area contributed by atoms with Crippen molar-refractivity contribution in [1.29, 1.82) is 0 Å². The highest BCUT2D eigenvalue weighted by Gasteiger charge is 2.51. The van der Waals surface area contributed by atoms with Gasteiger partial charge in [0.15, 0.2) is 0 Å². The number of carboxylic acids is 1. The first-order valence-electron chi connectivity index (χ1n) is 5.10. The quantitative estimate of drug-likeness (QED) is 0.696. The van der Waals surface area contributed by atoms with Crippen LogP contribution in [0.3, 0.4) is 0 Å². The second kappa shape index (κ2) is 3.32. The highest BCUT2D eigenvalue weighted by molar-refractivity contribution is 6.15. The number of oxime groups is 1. The topological polar surface area (TPSA) is 76.0 Å². The van der Waals surface area contributed by atoms with E-state index < -0.39 is 23.3 Å². The van der Waals surface area contributed by atoms with Crippen LogP contribution in [-0.2, 0) is 14.4 Å². The van der Waals surface area contributed by atoms with Crippen molar-refractivity contribution in [3.8, 4) is 0 Å². The van der Waals surface area contributed by atoms with Gasteiger partial charge >= 0.3 is 11.9 Å². The summed E-state index contributed by atoms with van der Waals surface area (Å²) in [7, 11) is 0. The first-order chi connectivity index (χ1) is 7.08. The third-order valence-electron chi connectivity index (χ3n) is 3.35. The molecule has 1 fully saturated rings. The highest BCUT2D eigenvalue weighted by Crippen LogP contribution is 2.43. The molecule has 2 rings (SSSR count). The zero-order chi connectivity index (χ0) is 11.1. The van der Waals surface area contributed by atoms with Gasteiger partial charge in [0.1, 0.15) is 5.41 Å². The minimum absolute atomic E-state index is 0.400. The summed E-state index contributed by atoms with van der Waals surface area (Å²) in [5, 5.41) is 12.9. The Hall–Kier alpha value is -1.39. The van der Waals surface area contributed by atoms with Crippen LogP contribution in [0.15, 0.2) is 5.16 Å². The maximum Gasteiger partial charge on any atom is 0.343 e. The lowest BCUT2D eigenvalue weighted by molar-refractivity contribution is -0.144. The largest absolute Gasteiger partial charge is 0.481 e. The Morgan fingerprint density at radius 1 is 1.53 bits per heavy atom. The summed E-state index contributed by atoms with van der Waals surface area (Å²) in [5.41, 5.74) is -0.552. The molecular formula is C10H13NO4. The average Bonchev–Trinajstić information content (AvgIpc) is 2.77. The Labute approximate surface area is 87.1 Å². The van der Waals surface area contributed by atoms with Crippen LogP contribution in [0.4, 0.5) is 0 Å². The molecule has 0 saturated heterocycles. The van der Waals surface area contributed by atoms with Crippen molar-refractivity contribution in [3.05, 3.63) is 0 Å². The molecule has 1 heterocycles. The van der Waals surface area contributed by atoms with Crippen LogP contribution in [-0.4, -0.2) is 22.8 Å². The number of aliphatic carboxylic acids is 1. The van der Waals surface area contributed by atoms with E-state index in [9.17, 15) is 14.7 Å². The summed E-state index contributed by atoms with van der Waals surface area (Å²) in [6.45, 7) is 1.65. The zero-order valence-electron chi connectivity index (χ0n) is 8.52. The lowest BCUT2D eigenvalue weighted by Gasteiger charge is -2.24. The molecular weight excluding hydrogens is 198 g/mol. The highest BCUT2D eigenvalue weighted by atomic mass is 16.7. The summed E-state index contributed by atoms with van der Waals surface area (Å²) in [4.78, 5) is 27.0. The third kappa shape index (κ3) is 1.33. The van der Waals surface area contributed by atoms with Gasteiger partial charge in [-0.2, -0.15) is 0 Å². The number of carbonyl (C=O) groups is 2. The Morgan fingerprint density at radius 2 is 2.13 bits per heavy atom. The molecule has 1 aliphatic heterocycles. The van der Waals surface area contributed by atoms with Gasteiger partial charge in [-0.05, 0) is 19.8 Å². The number of rotatable bonds is 2. The number of carbonyl (C=O) groups excluding carboxylic acids is 1. The Morgan fingerprint density at radius 3 is 2.53 bits per heavy atom. The molecule has 0 spiro atoms. The van der Waals surface area contributed by atoms with Crippen LogP contribution < -0.4 is 0 Å². The van der Waals surface area contributed by atoms with Gasteiger partial charge in [0.05, 0.1) is 11.6 Å². The molecule has 0 bridgehead atoms. The van der Waals surface area contributed by atoms with Gasteiger partial charge in [-0.1, -0.05) is 18.0 Å². The fourth-order valence-electron chi connectivity index (χ4n) is 2.42. The predicted octanol–water partition coefficient (Wildman–Crippen LogP) is 1.18. The molecule has 0 aromatic heterocycles. The van der Waals surface area contributed by atoms with E-state index in [0.717, 1.165) is 12.8 Å². The molecule has 0 amide bonds. The molecule has 1 unspecified atom stereocenters. The van der Waals surface area contributed by atoms with Gasteiger partial charge in [0, 0.05) is 0 Å². The maximum atomic E-state index is 11.3. The normalized spacial score (nSPS) is 28.7. The first kappa shape index (κ1) is 10.1. The number of carboxylic acid groups (broad SMARTS) is 1. The van der Waals surface area contributed by atoms with Crippen LogP contribution in [0.5, 0.6) is 0 Å². The molecule has 1 saturated carbocycles. The molecule has 0 aromatic carbocycles. The minimum atomic E-state index is -0.953. The summed E-state index contributed by atoms with van der Waals surface area (Å²) in [5.74, 6) is -1.85. The number of hydrogen-bond donors (Lipinski definition) is 1. The molecule has 5 nitrogen and oxygen atoms in total. The fourth-order valence-corrected chi connectivity index (χ4v) is 2.42.